The molecule has 2 rings (SSSR count). The van der Waals surface area contributed by atoms with Gasteiger partial charge >= 0.3 is 0 Å². The van der Waals surface area contributed by atoms with Gasteiger partial charge in [0.15, 0.2) is 0 Å². The van der Waals surface area contributed by atoms with Crippen LogP contribution in [0.15, 0.2) is 54.6 Å². The Bertz CT molecular complexity index is 748. The molecule has 28 heavy (non-hydrogen) atoms. The third kappa shape index (κ3) is 7.77. The number of carboxylic acid groups (broad SMARTS) is 1. The highest BCUT2D eigenvalue weighted by atomic mass is 16.5. The topological polar surface area (TPSA) is 99.5 Å². The Labute approximate surface area is 165 Å². The minimum Gasteiger partial charge on any atom is -0.544 e. The van der Waals surface area contributed by atoms with Crippen LogP contribution in [0.3, 0.4) is 0 Å². The van der Waals surface area contributed by atoms with Crippen LogP contribution in [-0.2, 0) is 9.59 Å². The number of carboxylic acids is 1. The molecule has 0 bridgehead atoms. The first kappa shape index (κ1) is 21.4. The van der Waals surface area contributed by atoms with Crippen LogP contribution in [-0.4, -0.2) is 45.1 Å². The Morgan fingerprint density at radius 1 is 1.07 bits per heavy atom. The lowest BCUT2D eigenvalue weighted by Gasteiger charge is -2.16. The van der Waals surface area contributed by atoms with E-state index in [1.54, 1.807) is 29.6 Å². The van der Waals surface area contributed by atoms with E-state index in [0.717, 1.165) is 18.7 Å². The minimum atomic E-state index is -1.22. The molecular weight excluding hydrogens is 358 g/mol. The number of ether oxygens (including phenoxy) is 1. The molecule has 4 N–H and O–H groups in total. The third-order valence-corrected chi connectivity index (χ3v) is 4.16. The third-order valence-electron chi connectivity index (χ3n) is 4.16. The number of anilines is 1. The molecule has 150 valence electrons. The molecule has 0 aliphatic rings. The normalized spacial score (nSPS) is 11.8. The van der Waals surface area contributed by atoms with Gasteiger partial charge in [0.1, 0.15) is 17.5 Å². The first-order chi connectivity index (χ1) is 13.4. The lowest BCUT2D eigenvalue weighted by Crippen LogP contribution is -3.06. The van der Waals surface area contributed by atoms with Crippen LogP contribution in [0.2, 0.25) is 0 Å². The van der Waals surface area contributed by atoms with Crippen molar-refractivity contribution in [2.24, 2.45) is 0 Å². The summed E-state index contributed by atoms with van der Waals surface area (Å²) in [7, 11) is 4.08. The number of para-hydroxylation sites is 1. The summed E-state index contributed by atoms with van der Waals surface area (Å²) in [6, 6.07) is 15.4. The number of nitrogens with one attached hydrogen (secondary N) is 2. The average Bonchev–Trinajstić information content (AvgIpc) is 2.66. The van der Waals surface area contributed by atoms with Crippen LogP contribution in [0.1, 0.15) is 12.8 Å². The van der Waals surface area contributed by atoms with Gasteiger partial charge in [-0.2, -0.15) is 0 Å². The summed E-state index contributed by atoms with van der Waals surface area (Å²) in [6.07, 6.45) is 0.732. The molecule has 0 saturated heterocycles. The van der Waals surface area contributed by atoms with Gasteiger partial charge in [-0.15, -0.1) is 0 Å². The molecule has 1 amide bonds. The van der Waals surface area contributed by atoms with E-state index in [-0.39, 0.29) is 12.3 Å². The smallest absolute Gasteiger partial charge is 0.230 e. The van der Waals surface area contributed by atoms with Crippen molar-refractivity contribution in [3.63, 3.8) is 0 Å². The molecule has 0 aliphatic heterocycles. The Morgan fingerprint density at radius 3 is 2.32 bits per heavy atom. The molecule has 1 atom stereocenters. The van der Waals surface area contributed by atoms with Gasteiger partial charge in [-0.05, 0) is 36.4 Å². The fourth-order valence-corrected chi connectivity index (χ4v) is 2.68. The summed E-state index contributed by atoms with van der Waals surface area (Å²) in [5.41, 5.74) is 0.582. The fourth-order valence-electron chi connectivity index (χ4n) is 2.68. The molecule has 0 aromatic heterocycles. The van der Waals surface area contributed by atoms with Gasteiger partial charge in [-0.1, -0.05) is 18.2 Å². The summed E-state index contributed by atoms with van der Waals surface area (Å²) >= 11 is 0. The first-order valence-corrected chi connectivity index (χ1v) is 9.40. The van der Waals surface area contributed by atoms with Crippen molar-refractivity contribution >= 4 is 17.6 Å². The number of quaternary nitrogens is 2. The Hall–Kier alpha value is -2.90. The van der Waals surface area contributed by atoms with Crippen LogP contribution in [0.25, 0.3) is 0 Å². The molecular formula is C21H28N3O4+. The lowest BCUT2D eigenvalue weighted by molar-refractivity contribution is -0.860. The van der Waals surface area contributed by atoms with E-state index in [1.165, 1.54) is 4.90 Å². The van der Waals surface area contributed by atoms with Crippen LogP contribution in [0, 0.1) is 0 Å². The molecule has 0 saturated carbocycles. The van der Waals surface area contributed by atoms with Crippen LogP contribution < -0.4 is 25.4 Å². The number of amides is 1. The lowest BCUT2D eigenvalue weighted by atomic mass is 10.2. The number of aliphatic carboxylic acids is 1. The van der Waals surface area contributed by atoms with Crippen LogP contribution in [0.5, 0.6) is 11.5 Å². The van der Waals surface area contributed by atoms with E-state index in [9.17, 15) is 14.7 Å². The molecule has 2 aromatic rings. The maximum atomic E-state index is 12.2. The summed E-state index contributed by atoms with van der Waals surface area (Å²) in [5.74, 6) is -0.213. The zero-order valence-electron chi connectivity index (χ0n) is 16.3. The van der Waals surface area contributed by atoms with Gasteiger partial charge in [0.05, 0.1) is 39.6 Å². The van der Waals surface area contributed by atoms with Gasteiger partial charge < -0.3 is 30.2 Å². The van der Waals surface area contributed by atoms with Crippen molar-refractivity contribution < 1.29 is 29.6 Å². The molecule has 2 aromatic carbocycles. The molecule has 0 heterocycles. The van der Waals surface area contributed by atoms with E-state index < -0.39 is 12.0 Å². The number of carbonyl (C=O) groups is 2. The highest BCUT2D eigenvalue weighted by molar-refractivity contribution is 5.93. The maximum absolute atomic E-state index is 12.2. The molecule has 0 radical (unpaired) electrons. The molecule has 0 spiro atoms. The predicted molar refractivity (Wildman–Crippen MR) is 104 cm³/mol. The monoisotopic (exact) mass is 386 g/mol. The molecule has 0 unspecified atom stereocenters. The number of hydrogen-bond acceptors (Lipinski definition) is 4. The molecule has 0 aliphatic carbocycles. The van der Waals surface area contributed by atoms with Crippen LogP contribution in [0.4, 0.5) is 5.69 Å². The highest BCUT2D eigenvalue weighted by Gasteiger charge is 2.18. The second-order valence-corrected chi connectivity index (χ2v) is 6.95. The van der Waals surface area contributed by atoms with Crippen molar-refractivity contribution in [2.75, 3.05) is 32.5 Å². The van der Waals surface area contributed by atoms with Gasteiger partial charge in [-0.3, -0.25) is 4.79 Å². The van der Waals surface area contributed by atoms with Gasteiger partial charge in [-0.25, -0.2) is 0 Å². The summed E-state index contributed by atoms with van der Waals surface area (Å²) < 4.78 is 5.70. The van der Waals surface area contributed by atoms with Gasteiger partial charge in [0.25, 0.3) is 0 Å². The van der Waals surface area contributed by atoms with E-state index in [2.05, 4.69) is 5.32 Å². The zero-order chi connectivity index (χ0) is 20.4. The van der Waals surface area contributed by atoms with Crippen LogP contribution >= 0.6 is 0 Å². The summed E-state index contributed by atoms with van der Waals surface area (Å²) in [6.45, 7) is 1.59. The van der Waals surface area contributed by atoms with Crippen molar-refractivity contribution in [1.82, 2.24) is 0 Å². The van der Waals surface area contributed by atoms with Crippen molar-refractivity contribution in [3.05, 3.63) is 54.6 Å². The largest absolute Gasteiger partial charge is 0.544 e. The Kier molecular flexibility index (Phi) is 8.45. The Morgan fingerprint density at radius 2 is 1.71 bits per heavy atom. The van der Waals surface area contributed by atoms with E-state index >= 15 is 0 Å². The zero-order valence-corrected chi connectivity index (χ0v) is 16.3. The molecule has 7 heteroatoms. The quantitative estimate of drug-likeness (QED) is 0.433. The number of carbonyl (C=O) groups excluding carboxylic acids is 2. The van der Waals surface area contributed by atoms with Gasteiger partial charge in [0, 0.05) is 12.1 Å². The SMILES string of the molecule is C[NH+](C)CCC[NH2+][C@@H](CC(=O)Nc1ccc(Oc2ccccc2)cc1)C(=O)[O-]. The fraction of sp³-hybridized carbons (Fsp3) is 0.333. The highest BCUT2D eigenvalue weighted by Crippen LogP contribution is 2.22. The summed E-state index contributed by atoms with van der Waals surface area (Å²) in [4.78, 5) is 24.8. The van der Waals surface area contributed by atoms with E-state index in [1.807, 2.05) is 44.4 Å². The number of hydrogen-bond donors (Lipinski definition) is 3. The number of rotatable bonds is 11. The second-order valence-electron chi connectivity index (χ2n) is 6.95. The Balaban J connectivity index is 1.82. The summed E-state index contributed by atoms with van der Waals surface area (Å²) in [5, 5.41) is 15.7. The number of nitrogens with two attached hydrogens (primary N) is 1. The van der Waals surface area contributed by atoms with Crippen molar-refractivity contribution in [1.29, 1.82) is 0 Å². The van der Waals surface area contributed by atoms with E-state index in [0.29, 0.717) is 18.0 Å². The van der Waals surface area contributed by atoms with Gasteiger partial charge in [0.2, 0.25) is 5.91 Å². The first-order valence-electron chi connectivity index (χ1n) is 9.40. The maximum Gasteiger partial charge on any atom is 0.230 e. The molecule has 0 fully saturated rings. The van der Waals surface area contributed by atoms with E-state index in [4.69, 9.17) is 4.74 Å². The number of benzene rings is 2. The predicted octanol–water partition coefficient (Wildman–Crippen LogP) is -0.976. The standard InChI is InChI=1S/C21H27N3O4/c1-24(2)14-6-13-22-19(21(26)27)15-20(25)23-16-9-11-18(12-10-16)28-17-7-4-3-5-8-17/h3-5,7-12,19,22H,6,13-15H2,1-2H3,(H,23,25)(H,26,27)/p+1/t19-/m0/s1. The average molecular weight is 386 g/mol. The second kappa shape index (κ2) is 11.1. The molecule has 7 nitrogen and oxygen atoms in total. The minimum absolute atomic E-state index is 0.139. The van der Waals surface area contributed by atoms with Crippen molar-refractivity contribution in [3.8, 4) is 11.5 Å². The van der Waals surface area contributed by atoms with Crippen molar-refractivity contribution in [2.45, 2.75) is 18.9 Å².